The molecule has 0 saturated heterocycles. The summed E-state index contributed by atoms with van der Waals surface area (Å²) in [5, 5.41) is 10.8. The van der Waals surface area contributed by atoms with Gasteiger partial charge < -0.3 is 15.4 Å². The average molecular weight is 273 g/mol. The number of hydrogen-bond donors (Lipinski definition) is 2. The first-order valence-corrected chi connectivity index (χ1v) is 6.93. The van der Waals surface area contributed by atoms with E-state index in [0.29, 0.717) is 12.6 Å². The Hall–Kier alpha value is -2.24. The van der Waals surface area contributed by atoms with Gasteiger partial charge in [0.25, 0.3) is 0 Å². The molecule has 1 aliphatic heterocycles. The fourth-order valence-electron chi connectivity index (χ4n) is 2.54. The lowest BCUT2D eigenvalue weighted by atomic mass is 10.0. The Balaban J connectivity index is 2.02. The standard InChI is InChI=1S/C14H19N5O/c1-3-20-12-7-5-4-6-10(12)11-8-9-16-14-17-13(15-2)18-19(11)14/h4-7,11H,3,8-9H2,1-2H3,(H2,15,16,17,18). The van der Waals surface area contributed by atoms with Crippen LogP contribution in [-0.4, -0.2) is 35.0 Å². The first-order chi connectivity index (χ1) is 9.83. The summed E-state index contributed by atoms with van der Waals surface area (Å²) in [4.78, 5) is 4.41. The van der Waals surface area contributed by atoms with Gasteiger partial charge in [-0.25, -0.2) is 4.68 Å². The molecule has 3 rings (SSSR count). The van der Waals surface area contributed by atoms with Crippen LogP contribution in [0.5, 0.6) is 5.75 Å². The molecule has 0 fully saturated rings. The van der Waals surface area contributed by atoms with Crippen molar-refractivity contribution in [3.05, 3.63) is 29.8 Å². The molecule has 2 N–H and O–H groups in total. The van der Waals surface area contributed by atoms with Crippen molar-refractivity contribution in [1.29, 1.82) is 0 Å². The molecular formula is C14H19N5O. The lowest BCUT2D eigenvalue weighted by Gasteiger charge is -2.26. The van der Waals surface area contributed by atoms with Crippen molar-refractivity contribution in [2.75, 3.05) is 30.8 Å². The molecule has 106 valence electrons. The third-order valence-electron chi connectivity index (χ3n) is 3.43. The Morgan fingerprint density at radius 2 is 2.30 bits per heavy atom. The smallest absolute Gasteiger partial charge is 0.243 e. The quantitative estimate of drug-likeness (QED) is 0.893. The number of para-hydroxylation sites is 1. The van der Waals surface area contributed by atoms with Crippen LogP contribution in [-0.2, 0) is 0 Å². The summed E-state index contributed by atoms with van der Waals surface area (Å²) in [6.45, 7) is 3.54. The first kappa shape index (κ1) is 12.8. The van der Waals surface area contributed by atoms with Gasteiger partial charge in [0.2, 0.25) is 11.9 Å². The Kier molecular flexibility index (Phi) is 3.45. The zero-order valence-electron chi connectivity index (χ0n) is 11.8. The maximum Gasteiger partial charge on any atom is 0.243 e. The molecule has 0 bridgehead atoms. The van der Waals surface area contributed by atoms with Gasteiger partial charge in [0.15, 0.2) is 0 Å². The summed E-state index contributed by atoms with van der Waals surface area (Å²) in [5.74, 6) is 2.36. The van der Waals surface area contributed by atoms with Crippen LogP contribution < -0.4 is 15.4 Å². The van der Waals surface area contributed by atoms with E-state index in [2.05, 4.69) is 26.8 Å². The van der Waals surface area contributed by atoms with Gasteiger partial charge in [-0.1, -0.05) is 18.2 Å². The van der Waals surface area contributed by atoms with Crippen LogP contribution in [0, 0.1) is 0 Å². The van der Waals surface area contributed by atoms with Crippen molar-refractivity contribution < 1.29 is 4.74 Å². The highest BCUT2D eigenvalue weighted by Crippen LogP contribution is 2.34. The van der Waals surface area contributed by atoms with Gasteiger partial charge in [-0.2, -0.15) is 4.98 Å². The molecule has 1 aromatic heterocycles. The number of aromatic nitrogens is 3. The molecule has 2 heterocycles. The molecule has 6 nitrogen and oxygen atoms in total. The highest BCUT2D eigenvalue weighted by Gasteiger charge is 2.26. The number of nitrogens with one attached hydrogen (secondary N) is 2. The van der Waals surface area contributed by atoms with Crippen LogP contribution in [0.1, 0.15) is 24.9 Å². The van der Waals surface area contributed by atoms with E-state index in [1.807, 2.05) is 36.9 Å². The zero-order chi connectivity index (χ0) is 13.9. The molecule has 0 saturated carbocycles. The van der Waals surface area contributed by atoms with E-state index >= 15 is 0 Å². The largest absolute Gasteiger partial charge is 0.494 e. The van der Waals surface area contributed by atoms with E-state index in [-0.39, 0.29) is 6.04 Å². The van der Waals surface area contributed by atoms with E-state index in [4.69, 9.17) is 4.74 Å². The Morgan fingerprint density at radius 1 is 1.45 bits per heavy atom. The second-order valence-corrected chi connectivity index (χ2v) is 4.66. The fraction of sp³-hybridized carbons (Fsp3) is 0.429. The maximum atomic E-state index is 5.74. The van der Waals surface area contributed by atoms with Crippen LogP contribution in [0.15, 0.2) is 24.3 Å². The summed E-state index contributed by atoms with van der Waals surface area (Å²) in [7, 11) is 1.82. The minimum atomic E-state index is 0.156. The van der Waals surface area contributed by atoms with Crippen molar-refractivity contribution in [3.8, 4) is 5.75 Å². The second kappa shape index (κ2) is 5.40. The van der Waals surface area contributed by atoms with Gasteiger partial charge in [-0.3, -0.25) is 0 Å². The van der Waals surface area contributed by atoms with E-state index in [9.17, 15) is 0 Å². The molecule has 1 aliphatic rings. The Bertz CT molecular complexity index is 595. The Morgan fingerprint density at radius 3 is 3.10 bits per heavy atom. The minimum Gasteiger partial charge on any atom is -0.494 e. The molecule has 1 atom stereocenters. The van der Waals surface area contributed by atoms with Gasteiger partial charge in [-0.15, -0.1) is 5.10 Å². The lowest BCUT2D eigenvalue weighted by Crippen LogP contribution is -2.25. The molecule has 0 radical (unpaired) electrons. The topological polar surface area (TPSA) is 64.0 Å². The van der Waals surface area contributed by atoms with Crippen molar-refractivity contribution in [2.45, 2.75) is 19.4 Å². The van der Waals surface area contributed by atoms with Crippen molar-refractivity contribution >= 4 is 11.9 Å². The van der Waals surface area contributed by atoms with Gasteiger partial charge in [0.1, 0.15) is 5.75 Å². The van der Waals surface area contributed by atoms with Gasteiger partial charge in [0.05, 0.1) is 12.6 Å². The number of benzene rings is 1. The number of fused-ring (bicyclic) bond motifs is 1. The first-order valence-electron chi connectivity index (χ1n) is 6.93. The number of nitrogens with zero attached hydrogens (tertiary/aromatic N) is 3. The third-order valence-corrected chi connectivity index (χ3v) is 3.43. The van der Waals surface area contributed by atoms with E-state index < -0.39 is 0 Å². The summed E-state index contributed by atoms with van der Waals surface area (Å²) in [5.41, 5.74) is 1.16. The number of anilines is 2. The van der Waals surface area contributed by atoms with Crippen LogP contribution in [0.3, 0.4) is 0 Å². The molecule has 6 heteroatoms. The van der Waals surface area contributed by atoms with Crippen molar-refractivity contribution in [1.82, 2.24) is 14.8 Å². The molecule has 1 aromatic carbocycles. The molecule has 2 aromatic rings. The van der Waals surface area contributed by atoms with Gasteiger partial charge in [0, 0.05) is 19.2 Å². The molecule has 0 amide bonds. The SMILES string of the molecule is CCOc1ccccc1C1CCNc2nc(NC)nn21. The minimum absolute atomic E-state index is 0.156. The predicted molar refractivity (Wildman–Crippen MR) is 78.4 cm³/mol. The van der Waals surface area contributed by atoms with Crippen molar-refractivity contribution in [2.24, 2.45) is 0 Å². The second-order valence-electron chi connectivity index (χ2n) is 4.66. The predicted octanol–water partition coefficient (Wildman–Crippen LogP) is 2.12. The number of hydrogen-bond acceptors (Lipinski definition) is 5. The van der Waals surface area contributed by atoms with E-state index in [1.54, 1.807) is 0 Å². The van der Waals surface area contributed by atoms with Crippen LogP contribution in [0.25, 0.3) is 0 Å². The Labute approximate surface area is 118 Å². The summed E-state index contributed by atoms with van der Waals surface area (Å²) >= 11 is 0. The third kappa shape index (κ3) is 2.17. The van der Waals surface area contributed by atoms with Gasteiger partial charge >= 0.3 is 0 Å². The molecule has 0 spiro atoms. The maximum absolute atomic E-state index is 5.74. The lowest BCUT2D eigenvalue weighted by molar-refractivity contribution is 0.328. The van der Waals surface area contributed by atoms with Crippen LogP contribution in [0.2, 0.25) is 0 Å². The van der Waals surface area contributed by atoms with Crippen LogP contribution in [0.4, 0.5) is 11.9 Å². The van der Waals surface area contributed by atoms with Crippen LogP contribution >= 0.6 is 0 Å². The summed E-state index contributed by atoms with van der Waals surface area (Å²) in [6, 6.07) is 8.30. The van der Waals surface area contributed by atoms with E-state index in [0.717, 1.165) is 30.2 Å². The highest BCUT2D eigenvalue weighted by atomic mass is 16.5. The highest BCUT2D eigenvalue weighted by molar-refractivity contribution is 5.42. The molecule has 1 unspecified atom stereocenters. The monoisotopic (exact) mass is 273 g/mol. The zero-order valence-corrected chi connectivity index (χ0v) is 11.8. The van der Waals surface area contributed by atoms with E-state index in [1.165, 1.54) is 0 Å². The van der Waals surface area contributed by atoms with Gasteiger partial charge in [-0.05, 0) is 19.4 Å². The number of rotatable bonds is 4. The molecular weight excluding hydrogens is 254 g/mol. The normalized spacial score (nSPS) is 17.2. The fourth-order valence-corrected chi connectivity index (χ4v) is 2.54. The average Bonchev–Trinajstić information content (AvgIpc) is 2.91. The molecule has 0 aliphatic carbocycles. The summed E-state index contributed by atoms with van der Waals surface area (Å²) < 4.78 is 7.68. The number of ether oxygens (including phenoxy) is 1. The summed E-state index contributed by atoms with van der Waals surface area (Å²) in [6.07, 6.45) is 0.962. The molecule has 20 heavy (non-hydrogen) atoms. The van der Waals surface area contributed by atoms with Crippen molar-refractivity contribution in [3.63, 3.8) is 0 Å².